The van der Waals surface area contributed by atoms with Crippen LogP contribution in [0.15, 0.2) is 29.2 Å². The molecule has 6 nitrogen and oxygen atoms in total. The molecular formula is C21H24ClNO5S2. The Balaban J connectivity index is 1.64. The van der Waals surface area contributed by atoms with Crippen LogP contribution in [0.4, 0.5) is 5.00 Å². The van der Waals surface area contributed by atoms with Crippen LogP contribution in [0.2, 0.25) is 5.02 Å². The van der Waals surface area contributed by atoms with Crippen LogP contribution < -0.4 is 5.32 Å². The molecule has 1 aromatic heterocycles. The van der Waals surface area contributed by atoms with Crippen molar-refractivity contribution < 1.29 is 22.7 Å². The van der Waals surface area contributed by atoms with E-state index in [0.717, 1.165) is 36.1 Å². The summed E-state index contributed by atoms with van der Waals surface area (Å²) < 4.78 is 30.0. The average molecular weight is 470 g/mol. The molecule has 0 aliphatic heterocycles. The lowest BCUT2D eigenvalue weighted by Crippen LogP contribution is -2.16. The number of aryl methyl sites for hydroxylation is 1. The second-order valence-electron chi connectivity index (χ2n) is 7.06. The molecule has 0 atom stereocenters. The Bertz CT molecular complexity index is 1030. The van der Waals surface area contributed by atoms with E-state index in [0.29, 0.717) is 15.6 Å². The minimum absolute atomic E-state index is 0.0393. The maximum atomic E-state index is 12.5. The standard InChI is InChI=1S/C21H24ClNO5S2/c1-2-28-21(25)19-16-6-3-4-7-17(16)29-20(19)23-18(24)8-5-13-30(26,27)15-11-9-14(22)10-12-15/h9-12H,2-8,13H2,1H3,(H,23,24). The third-order valence-electron chi connectivity index (χ3n) is 4.89. The molecule has 0 spiro atoms. The molecular weight excluding hydrogens is 446 g/mol. The van der Waals surface area contributed by atoms with Gasteiger partial charge in [0.05, 0.1) is 22.8 Å². The number of amides is 1. The number of benzene rings is 1. The molecule has 1 heterocycles. The first-order chi connectivity index (χ1) is 14.3. The summed E-state index contributed by atoms with van der Waals surface area (Å²) in [6.45, 7) is 2.01. The molecule has 0 saturated carbocycles. The van der Waals surface area contributed by atoms with Gasteiger partial charge in [-0.05, 0) is 68.9 Å². The zero-order chi connectivity index (χ0) is 21.7. The predicted octanol–water partition coefficient (Wildman–Crippen LogP) is 4.65. The first-order valence-corrected chi connectivity index (χ1v) is 12.8. The van der Waals surface area contributed by atoms with E-state index in [4.69, 9.17) is 16.3 Å². The Morgan fingerprint density at radius 2 is 1.87 bits per heavy atom. The normalized spacial score (nSPS) is 13.5. The largest absolute Gasteiger partial charge is 0.462 e. The number of esters is 1. The zero-order valence-electron chi connectivity index (χ0n) is 16.7. The highest BCUT2D eigenvalue weighted by Crippen LogP contribution is 2.38. The lowest BCUT2D eigenvalue weighted by molar-refractivity contribution is -0.116. The van der Waals surface area contributed by atoms with Gasteiger partial charge in [-0.25, -0.2) is 13.2 Å². The monoisotopic (exact) mass is 469 g/mol. The first kappa shape index (κ1) is 22.8. The number of sulfone groups is 1. The van der Waals surface area contributed by atoms with Gasteiger partial charge in [0.15, 0.2) is 9.84 Å². The SMILES string of the molecule is CCOC(=O)c1c(NC(=O)CCCS(=O)(=O)c2ccc(Cl)cc2)sc2c1CCCC2. The summed E-state index contributed by atoms with van der Waals surface area (Å²) in [5.41, 5.74) is 1.43. The second kappa shape index (κ2) is 9.94. The number of hydrogen-bond donors (Lipinski definition) is 1. The highest BCUT2D eigenvalue weighted by Gasteiger charge is 2.27. The highest BCUT2D eigenvalue weighted by atomic mass is 35.5. The van der Waals surface area contributed by atoms with E-state index in [1.165, 1.54) is 35.6 Å². The number of anilines is 1. The fourth-order valence-corrected chi connectivity index (χ4v) is 6.18. The van der Waals surface area contributed by atoms with Crippen molar-refractivity contribution >= 4 is 49.7 Å². The molecule has 30 heavy (non-hydrogen) atoms. The summed E-state index contributed by atoms with van der Waals surface area (Å²) in [7, 11) is -3.49. The minimum Gasteiger partial charge on any atom is -0.462 e. The number of hydrogen-bond acceptors (Lipinski definition) is 6. The summed E-state index contributed by atoms with van der Waals surface area (Å²) in [6, 6.07) is 5.96. The summed E-state index contributed by atoms with van der Waals surface area (Å²) >= 11 is 7.22. The minimum atomic E-state index is -3.49. The number of fused-ring (bicyclic) bond motifs is 1. The van der Waals surface area contributed by atoms with Crippen molar-refractivity contribution in [2.75, 3.05) is 17.7 Å². The maximum Gasteiger partial charge on any atom is 0.341 e. The fourth-order valence-electron chi connectivity index (χ4n) is 3.44. The molecule has 3 rings (SSSR count). The van der Waals surface area contributed by atoms with E-state index in [9.17, 15) is 18.0 Å². The number of ether oxygens (including phenoxy) is 1. The second-order valence-corrected chi connectivity index (χ2v) is 10.7. The van der Waals surface area contributed by atoms with E-state index < -0.39 is 15.8 Å². The lowest BCUT2D eigenvalue weighted by atomic mass is 9.95. The van der Waals surface area contributed by atoms with Gasteiger partial charge < -0.3 is 10.1 Å². The van der Waals surface area contributed by atoms with Crippen LogP contribution in [-0.2, 0) is 32.2 Å². The molecule has 0 radical (unpaired) electrons. The van der Waals surface area contributed by atoms with Gasteiger partial charge in [0.25, 0.3) is 0 Å². The van der Waals surface area contributed by atoms with Crippen LogP contribution in [0.25, 0.3) is 0 Å². The molecule has 0 bridgehead atoms. The van der Waals surface area contributed by atoms with Crippen LogP contribution in [-0.4, -0.2) is 32.7 Å². The third-order valence-corrected chi connectivity index (χ3v) is 8.17. The molecule has 1 N–H and O–H groups in total. The van der Waals surface area contributed by atoms with Crippen molar-refractivity contribution in [3.63, 3.8) is 0 Å². The predicted molar refractivity (Wildman–Crippen MR) is 118 cm³/mol. The Kier molecular flexibility index (Phi) is 7.55. The van der Waals surface area contributed by atoms with Gasteiger partial charge in [-0.3, -0.25) is 4.79 Å². The topological polar surface area (TPSA) is 89.5 Å². The zero-order valence-corrected chi connectivity index (χ0v) is 19.1. The number of rotatable bonds is 8. The molecule has 0 unspecified atom stereocenters. The molecule has 162 valence electrons. The lowest BCUT2D eigenvalue weighted by Gasteiger charge is -2.12. The Morgan fingerprint density at radius 1 is 1.17 bits per heavy atom. The highest BCUT2D eigenvalue weighted by molar-refractivity contribution is 7.91. The van der Waals surface area contributed by atoms with Gasteiger partial charge in [0, 0.05) is 16.3 Å². The van der Waals surface area contributed by atoms with Crippen molar-refractivity contribution in [1.82, 2.24) is 0 Å². The number of nitrogens with one attached hydrogen (secondary N) is 1. The quantitative estimate of drug-likeness (QED) is 0.568. The van der Waals surface area contributed by atoms with E-state index in [2.05, 4.69) is 5.32 Å². The Hall–Kier alpha value is -1.90. The van der Waals surface area contributed by atoms with Gasteiger partial charge >= 0.3 is 5.97 Å². The number of carbonyl (C=O) groups is 2. The Labute approximate surface area is 185 Å². The van der Waals surface area contributed by atoms with Gasteiger partial charge in [-0.15, -0.1) is 11.3 Å². The smallest absolute Gasteiger partial charge is 0.341 e. The average Bonchev–Trinajstić information content (AvgIpc) is 3.06. The van der Waals surface area contributed by atoms with Crippen molar-refractivity contribution in [1.29, 1.82) is 0 Å². The van der Waals surface area contributed by atoms with Crippen LogP contribution in [0.3, 0.4) is 0 Å². The summed E-state index contributed by atoms with van der Waals surface area (Å²) in [5.74, 6) is -0.878. The third kappa shape index (κ3) is 5.42. The van der Waals surface area contributed by atoms with Crippen LogP contribution in [0.1, 0.15) is 53.4 Å². The van der Waals surface area contributed by atoms with E-state index in [-0.39, 0.29) is 36.0 Å². The molecule has 9 heteroatoms. The number of halogens is 1. The summed E-state index contributed by atoms with van der Waals surface area (Å²) in [4.78, 5) is 26.2. The van der Waals surface area contributed by atoms with Gasteiger partial charge in [-0.2, -0.15) is 0 Å². The summed E-state index contributed by atoms with van der Waals surface area (Å²) in [6.07, 6.45) is 3.98. The van der Waals surface area contributed by atoms with Gasteiger partial charge in [0.2, 0.25) is 5.91 Å². The Morgan fingerprint density at radius 3 is 2.57 bits per heavy atom. The van der Waals surface area contributed by atoms with Crippen molar-refractivity contribution in [2.45, 2.75) is 50.3 Å². The van der Waals surface area contributed by atoms with Gasteiger partial charge in [-0.1, -0.05) is 11.6 Å². The van der Waals surface area contributed by atoms with Crippen molar-refractivity contribution in [3.8, 4) is 0 Å². The molecule has 1 aliphatic rings. The molecule has 1 aliphatic carbocycles. The first-order valence-electron chi connectivity index (χ1n) is 9.91. The molecule has 0 saturated heterocycles. The van der Waals surface area contributed by atoms with Gasteiger partial charge in [0.1, 0.15) is 5.00 Å². The molecule has 1 aromatic carbocycles. The fraction of sp³-hybridized carbons (Fsp3) is 0.429. The number of thiophene rings is 1. The van der Waals surface area contributed by atoms with E-state index in [1.807, 2.05) is 0 Å². The molecule has 2 aromatic rings. The van der Waals surface area contributed by atoms with E-state index >= 15 is 0 Å². The number of carbonyl (C=O) groups excluding carboxylic acids is 2. The maximum absolute atomic E-state index is 12.5. The molecule has 0 fully saturated rings. The van der Waals surface area contributed by atoms with Crippen molar-refractivity contribution in [2.24, 2.45) is 0 Å². The van der Waals surface area contributed by atoms with Crippen LogP contribution in [0, 0.1) is 0 Å². The van der Waals surface area contributed by atoms with Crippen LogP contribution in [0.5, 0.6) is 0 Å². The summed E-state index contributed by atoms with van der Waals surface area (Å²) in [5, 5.41) is 3.77. The van der Waals surface area contributed by atoms with Crippen LogP contribution >= 0.6 is 22.9 Å². The van der Waals surface area contributed by atoms with E-state index in [1.54, 1.807) is 6.92 Å². The molecule has 1 amide bonds. The van der Waals surface area contributed by atoms with Crippen molar-refractivity contribution in [3.05, 3.63) is 45.3 Å².